The highest BCUT2D eigenvalue weighted by atomic mass is 35.5. The van der Waals surface area contributed by atoms with Crippen molar-refractivity contribution in [2.75, 3.05) is 19.0 Å². The van der Waals surface area contributed by atoms with E-state index < -0.39 is 0 Å². The highest BCUT2D eigenvalue weighted by molar-refractivity contribution is 6.32. The third kappa shape index (κ3) is 3.91. The minimum Gasteiger partial charge on any atom is -0.495 e. The fourth-order valence-corrected chi connectivity index (χ4v) is 4.24. The summed E-state index contributed by atoms with van der Waals surface area (Å²) in [7, 11) is 1.59. The molecule has 0 fully saturated rings. The van der Waals surface area contributed by atoms with Gasteiger partial charge in [0.05, 0.1) is 29.4 Å². The maximum atomic E-state index is 6.30. The lowest BCUT2D eigenvalue weighted by atomic mass is 10.1. The molecule has 3 N–H and O–H groups in total. The summed E-state index contributed by atoms with van der Waals surface area (Å²) in [6.07, 6.45) is 7.97. The van der Waals surface area contributed by atoms with E-state index in [0.717, 1.165) is 33.1 Å². The van der Waals surface area contributed by atoms with Gasteiger partial charge >= 0.3 is 0 Å². The Morgan fingerprint density at radius 2 is 2.03 bits per heavy atom. The van der Waals surface area contributed by atoms with Gasteiger partial charge in [-0.05, 0) is 31.2 Å². The van der Waals surface area contributed by atoms with E-state index in [9.17, 15) is 0 Å². The summed E-state index contributed by atoms with van der Waals surface area (Å²) < 4.78 is 8.96. The van der Waals surface area contributed by atoms with Crippen molar-refractivity contribution in [1.29, 1.82) is 0 Å². The van der Waals surface area contributed by atoms with Crippen molar-refractivity contribution >= 4 is 39.2 Å². The number of methoxy groups -OCH3 is 1. The van der Waals surface area contributed by atoms with Crippen molar-refractivity contribution in [3.63, 3.8) is 0 Å². The van der Waals surface area contributed by atoms with Gasteiger partial charge in [0.2, 0.25) is 0 Å². The molecule has 4 heterocycles. The van der Waals surface area contributed by atoms with Crippen LogP contribution in [0, 0.1) is 0 Å². The van der Waals surface area contributed by atoms with Crippen molar-refractivity contribution in [1.82, 2.24) is 34.5 Å². The van der Waals surface area contributed by atoms with E-state index in [2.05, 4.69) is 30.6 Å². The number of imidazole rings is 1. The van der Waals surface area contributed by atoms with Gasteiger partial charge in [-0.25, -0.2) is 14.6 Å². The minimum absolute atomic E-state index is 0.504. The summed E-state index contributed by atoms with van der Waals surface area (Å²) >= 11 is 6.30. The Morgan fingerprint density at radius 1 is 1.15 bits per heavy atom. The van der Waals surface area contributed by atoms with E-state index in [1.54, 1.807) is 13.4 Å². The number of aromatic nitrogens is 7. The molecule has 174 valence electrons. The van der Waals surface area contributed by atoms with Crippen LogP contribution in [0.4, 0.5) is 5.82 Å². The largest absolute Gasteiger partial charge is 0.495 e. The Hall–Kier alpha value is -3.76. The van der Waals surface area contributed by atoms with Crippen LogP contribution in [0.3, 0.4) is 0 Å². The van der Waals surface area contributed by atoms with Gasteiger partial charge in [-0.2, -0.15) is 5.10 Å². The first kappa shape index (κ1) is 22.1. The normalized spacial score (nSPS) is 11.4. The summed E-state index contributed by atoms with van der Waals surface area (Å²) in [5, 5.41) is 20.1. The fourth-order valence-electron chi connectivity index (χ4n) is 3.96. The minimum atomic E-state index is 0.504. The van der Waals surface area contributed by atoms with Gasteiger partial charge in [0, 0.05) is 42.7 Å². The SMILES string of the molecule is CCn1ncc2c3c(NCc4ccc(OC)c(Cl)c4)nnc(-n4cnc(CCN)c4)c3cnc21. The number of nitrogens with two attached hydrogens (primary N) is 1. The number of hydrogen-bond donors (Lipinski definition) is 2. The van der Waals surface area contributed by atoms with Crippen molar-refractivity contribution in [2.24, 2.45) is 5.73 Å². The quantitative estimate of drug-likeness (QED) is 0.349. The van der Waals surface area contributed by atoms with Crippen LogP contribution in [0.5, 0.6) is 5.75 Å². The Balaban J connectivity index is 1.61. The summed E-state index contributed by atoms with van der Waals surface area (Å²) in [5.41, 5.74) is 8.35. The van der Waals surface area contributed by atoms with Crippen LogP contribution >= 0.6 is 11.6 Å². The van der Waals surface area contributed by atoms with E-state index in [-0.39, 0.29) is 0 Å². The molecule has 5 rings (SSSR count). The van der Waals surface area contributed by atoms with E-state index in [1.165, 1.54) is 0 Å². The second kappa shape index (κ2) is 9.24. The maximum absolute atomic E-state index is 6.30. The van der Waals surface area contributed by atoms with Gasteiger partial charge < -0.3 is 15.8 Å². The van der Waals surface area contributed by atoms with Crippen LogP contribution in [0.1, 0.15) is 18.2 Å². The number of rotatable bonds is 8. The zero-order valence-corrected chi connectivity index (χ0v) is 19.6. The number of benzene rings is 1. The molecule has 0 spiro atoms. The molecular formula is C23H24ClN9O. The lowest BCUT2D eigenvalue weighted by Crippen LogP contribution is -2.07. The van der Waals surface area contributed by atoms with Crippen LogP contribution < -0.4 is 15.8 Å². The molecule has 4 aromatic heterocycles. The number of anilines is 1. The van der Waals surface area contributed by atoms with E-state index >= 15 is 0 Å². The molecule has 0 saturated carbocycles. The van der Waals surface area contributed by atoms with Gasteiger partial charge in [-0.3, -0.25) is 4.57 Å². The van der Waals surface area contributed by atoms with Crippen molar-refractivity contribution in [2.45, 2.75) is 26.4 Å². The molecule has 0 aliphatic carbocycles. The highest BCUT2D eigenvalue weighted by Gasteiger charge is 2.17. The topological polar surface area (TPSA) is 122 Å². The monoisotopic (exact) mass is 477 g/mol. The smallest absolute Gasteiger partial charge is 0.170 e. The summed E-state index contributed by atoms with van der Waals surface area (Å²) in [6, 6.07) is 5.67. The molecule has 11 heteroatoms. The molecule has 5 aromatic rings. The lowest BCUT2D eigenvalue weighted by molar-refractivity contribution is 0.415. The van der Waals surface area contributed by atoms with E-state index in [0.29, 0.717) is 48.5 Å². The molecule has 1 aromatic carbocycles. The molecule has 0 aliphatic rings. The van der Waals surface area contributed by atoms with Crippen LogP contribution in [-0.4, -0.2) is 48.2 Å². The van der Waals surface area contributed by atoms with Gasteiger partial charge in [0.1, 0.15) is 12.1 Å². The van der Waals surface area contributed by atoms with Gasteiger partial charge in [0.15, 0.2) is 17.3 Å². The number of halogens is 1. The summed E-state index contributed by atoms with van der Waals surface area (Å²) in [5.74, 6) is 1.91. The van der Waals surface area contributed by atoms with Crippen LogP contribution in [-0.2, 0) is 19.5 Å². The Bertz CT molecular complexity index is 1480. The third-order valence-corrected chi connectivity index (χ3v) is 5.94. The first-order valence-electron chi connectivity index (χ1n) is 10.9. The number of nitrogens with zero attached hydrogens (tertiary/aromatic N) is 7. The second-order valence-corrected chi connectivity index (χ2v) is 8.16. The van der Waals surface area contributed by atoms with E-state index in [4.69, 9.17) is 22.1 Å². The van der Waals surface area contributed by atoms with E-state index in [1.807, 2.05) is 53.0 Å². The summed E-state index contributed by atoms with van der Waals surface area (Å²) in [6.45, 7) is 3.78. The molecule has 0 unspecified atom stereocenters. The van der Waals surface area contributed by atoms with Crippen LogP contribution in [0.15, 0.2) is 43.1 Å². The number of nitrogens with one attached hydrogen (secondary N) is 1. The third-order valence-electron chi connectivity index (χ3n) is 5.65. The predicted octanol–water partition coefficient (Wildman–Crippen LogP) is 3.36. The average molecular weight is 478 g/mol. The van der Waals surface area contributed by atoms with Crippen molar-refractivity contribution in [3.8, 4) is 11.6 Å². The highest BCUT2D eigenvalue weighted by Crippen LogP contribution is 2.32. The molecule has 0 radical (unpaired) electrons. The Labute approximate surface area is 200 Å². The van der Waals surface area contributed by atoms with Crippen LogP contribution in [0.25, 0.3) is 27.6 Å². The summed E-state index contributed by atoms with van der Waals surface area (Å²) in [4.78, 5) is 9.11. The van der Waals surface area contributed by atoms with Gasteiger partial charge in [-0.15, -0.1) is 10.2 Å². The first-order chi connectivity index (χ1) is 16.6. The first-order valence-corrected chi connectivity index (χ1v) is 11.3. The van der Waals surface area contributed by atoms with Gasteiger partial charge in [-0.1, -0.05) is 17.7 Å². The van der Waals surface area contributed by atoms with Crippen molar-refractivity contribution < 1.29 is 4.74 Å². The molecule has 0 amide bonds. The molecule has 0 bridgehead atoms. The predicted molar refractivity (Wildman–Crippen MR) is 132 cm³/mol. The van der Waals surface area contributed by atoms with Crippen molar-refractivity contribution in [3.05, 3.63) is 59.4 Å². The zero-order valence-electron chi connectivity index (χ0n) is 18.9. The average Bonchev–Trinajstić information content (AvgIpc) is 3.49. The van der Waals surface area contributed by atoms with Crippen LogP contribution in [0.2, 0.25) is 5.02 Å². The molecule has 0 saturated heterocycles. The number of ether oxygens (including phenoxy) is 1. The number of hydrogen-bond acceptors (Lipinski definition) is 8. The molecule has 10 nitrogen and oxygen atoms in total. The number of aryl methyl sites for hydroxylation is 1. The molecule has 34 heavy (non-hydrogen) atoms. The van der Waals surface area contributed by atoms with Gasteiger partial charge in [0.25, 0.3) is 0 Å². The Kier molecular flexibility index (Phi) is 5.99. The standard InChI is InChI=1S/C23H24ClN9O/c1-3-33-22-17(11-29-33)20-16(10-27-22)23(32-12-15(6-7-25)28-13-32)31-30-21(20)26-9-14-4-5-19(34-2)18(24)8-14/h4-5,8,10-13H,3,6-7,9,25H2,1-2H3,(H,26,30). The second-order valence-electron chi connectivity index (χ2n) is 7.75. The lowest BCUT2D eigenvalue weighted by Gasteiger charge is -2.13. The zero-order chi connectivity index (χ0) is 23.7. The molecule has 0 aliphatic heterocycles. The maximum Gasteiger partial charge on any atom is 0.170 e. The number of fused-ring (bicyclic) bond motifs is 3. The fraction of sp³-hybridized carbons (Fsp3) is 0.261. The number of pyridine rings is 1. The molecular weight excluding hydrogens is 454 g/mol. The Morgan fingerprint density at radius 3 is 2.79 bits per heavy atom. The molecule has 0 atom stereocenters.